The maximum atomic E-state index is 12.6. The molecule has 1 heterocycles. The van der Waals surface area contributed by atoms with Crippen LogP contribution in [0.3, 0.4) is 0 Å². The van der Waals surface area contributed by atoms with E-state index in [1.54, 1.807) is 30.3 Å². The summed E-state index contributed by atoms with van der Waals surface area (Å²) in [6.45, 7) is 0.726. The van der Waals surface area contributed by atoms with Gasteiger partial charge < -0.3 is 19.3 Å². The van der Waals surface area contributed by atoms with Gasteiger partial charge in [-0.2, -0.15) is 0 Å². The van der Waals surface area contributed by atoms with Crippen molar-refractivity contribution >= 4 is 23.7 Å². The van der Waals surface area contributed by atoms with E-state index in [9.17, 15) is 14.7 Å². The van der Waals surface area contributed by atoms with E-state index in [0.29, 0.717) is 0 Å². The van der Waals surface area contributed by atoms with Crippen LogP contribution in [0.4, 0.5) is 0 Å². The summed E-state index contributed by atoms with van der Waals surface area (Å²) in [5, 5.41) is 13.7. The molecule has 0 unspecified atom stereocenters. The molecule has 9 nitrogen and oxygen atoms in total. The van der Waals surface area contributed by atoms with Crippen LogP contribution in [-0.4, -0.2) is 53.4 Å². The monoisotopic (exact) mass is 443 g/mol. The minimum absolute atomic E-state index is 0.281. The number of esters is 2. The van der Waals surface area contributed by atoms with Crippen LogP contribution < -0.4 is 0 Å². The number of nitrogens with zero attached hydrogens (tertiary/aromatic N) is 3. The van der Waals surface area contributed by atoms with Crippen LogP contribution in [0.15, 0.2) is 70.7 Å². The van der Waals surface area contributed by atoms with Crippen molar-refractivity contribution in [3.63, 3.8) is 0 Å². The summed E-state index contributed by atoms with van der Waals surface area (Å²) in [6.07, 6.45) is -3.20. The number of thioether (sulfide) groups is 1. The molecule has 1 saturated heterocycles. The minimum atomic E-state index is -1.16. The van der Waals surface area contributed by atoms with Crippen LogP contribution in [0, 0.1) is 0 Å². The van der Waals surface area contributed by atoms with Crippen molar-refractivity contribution < 1.29 is 28.9 Å². The number of rotatable bonds is 7. The molecule has 10 heteroatoms. The molecule has 0 amide bonds. The van der Waals surface area contributed by atoms with Crippen LogP contribution in [0.5, 0.6) is 0 Å². The van der Waals surface area contributed by atoms with Crippen molar-refractivity contribution in [3.05, 3.63) is 76.7 Å². The molecule has 5 atom stereocenters. The first kappa shape index (κ1) is 22.6. The number of aliphatic hydroxyl groups is 1. The van der Waals surface area contributed by atoms with E-state index in [1.165, 1.54) is 18.7 Å². The number of aliphatic hydroxyl groups excluding tert-OH is 1. The second-order valence-electron chi connectivity index (χ2n) is 6.66. The average molecular weight is 443 g/mol. The SMILES string of the molecule is CC(=O)O[C@@H]1[C@@H](N=[N+]=[N-])[C@H](OC(=O)c2ccccc2)[C@@H](CO)O[C@H]1Sc1ccccc1. The van der Waals surface area contributed by atoms with Crippen molar-refractivity contribution in [1.82, 2.24) is 0 Å². The molecule has 162 valence electrons. The lowest BCUT2D eigenvalue weighted by Gasteiger charge is -2.43. The Hall–Kier alpha value is -3.04. The highest BCUT2D eigenvalue weighted by atomic mass is 32.2. The van der Waals surface area contributed by atoms with Crippen LogP contribution in [0.1, 0.15) is 17.3 Å². The van der Waals surface area contributed by atoms with Gasteiger partial charge in [0.15, 0.2) is 0 Å². The van der Waals surface area contributed by atoms with Gasteiger partial charge in [-0.05, 0) is 29.8 Å². The second kappa shape index (κ2) is 10.8. The zero-order chi connectivity index (χ0) is 22.2. The molecule has 0 radical (unpaired) electrons. The van der Waals surface area contributed by atoms with Crippen molar-refractivity contribution in [2.75, 3.05) is 6.61 Å². The van der Waals surface area contributed by atoms with E-state index in [0.717, 1.165) is 4.90 Å². The molecular formula is C21H21N3O6S. The lowest BCUT2D eigenvalue weighted by molar-refractivity contribution is -0.185. The Morgan fingerprint density at radius 3 is 2.32 bits per heavy atom. The van der Waals surface area contributed by atoms with Crippen molar-refractivity contribution in [2.24, 2.45) is 5.11 Å². The highest BCUT2D eigenvalue weighted by Crippen LogP contribution is 2.37. The van der Waals surface area contributed by atoms with E-state index in [-0.39, 0.29) is 5.56 Å². The molecular weight excluding hydrogens is 422 g/mol. The van der Waals surface area contributed by atoms with Gasteiger partial charge in [0.1, 0.15) is 29.8 Å². The van der Waals surface area contributed by atoms with Crippen LogP contribution in [0.25, 0.3) is 10.4 Å². The third-order valence-electron chi connectivity index (χ3n) is 4.53. The maximum Gasteiger partial charge on any atom is 0.338 e. The Labute approximate surface area is 182 Å². The third kappa shape index (κ3) is 5.77. The molecule has 0 spiro atoms. The Bertz CT molecular complexity index is 937. The molecule has 1 fully saturated rings. The predicted molar refractivity (Wildman–Crippen MR) is 112 cm³/mol. The molecule has 2 aromatic rings. The largest absolute Gasteiger partial charge is 0.458 e. The quantitative estimate of drug-likeness (QED) is 0.300. The molecule has 3 rings (SSSR count). The highest BCUT2D eigenvalue weighted by Gasteiger charge is 2.49. The summed E-state index contributed by atoms with van der Waals surface area (Å²) < 4.78 is 17.0. The smallest absolute Gasteiger partial charge is 0.338 e. The summed E-state index contributed by atoms with van der Waals surface area (Å²) in [5.41, 5.74) is 8.62. The number of ether oxygens (including phenoxy) is 3. The summed E-state index contributed by atoms with van der Waals surface area (Å²) >= 11 is 1.25. The number of hydrogen-bond donors (Lipinski definition) is 1. The molecule has 0 bridgehead atoms. The van der Waals surface area contributed by atoms with Crippen molar-refractivity contribution in [3.8, 4) is 0 Å². The minimum Gasteiger partial charge on any atom is -0.458 e. The van der Waals surface area contributed by atoms with Gasteiger partial charge in [0.05, 0.1) is 12.2 Å². The van der Waals surface area contributed by atoms with Gasteiger partial charge in [-0.25, -0.2) is 4.79 Å². The van der Waals surface area contributed by atoms with Gasteiger partial charge in [-0.3, -0.25) is 4.79 Å². The summed E-state index contributed by atoms with van der Waals surface area (Å²) in [7, 11) is 0. The molecule has 1 N–H and O–H groups in total. The molecule has 1 aliphatic heterocycles. The van der Waals surface area contributed by atoms with Gasteiger partial charge >= 0.3 is 11.9 Å². The van der Waals surface area contributed by atoms with Gasteiger partial charge in [-0.1, -0.05) is 53.3 Å². The van der Waals surface area contributed by atoms with E-state index in [4.69, 9.17) is 19.7 Å². The Balaban J connectivity index is 1.92. The number of azide groups is 1. The van der Waals surface area contributed by atoms with Gasteiger partial charge in [0, 0.05) is 16.7 Å². The van der Waals surface area contributed by atoms with E-state index >= 15 is 0 Å². The fourth-order valence-corrected chi connectivity index (χ4v) is 4.32. The Morgan fingerprint density at radius 1 is 1.10 bits per heavy atom. The van der Waals surface area contributed by atoms with Gasteiger partial charge in [0.25, 0.3) is 0 Å². The fourth-order valence-electron chi connectivity index (χ4n) is 3.19. The zero-order valence-corrected chi connectivity index (χ0v) is 17.4. The number of benzene rings is 2. The first-order valence-corrected chi connectivity index (χ1v) is 10.4. The first-order chi connectivity index (χ1) is 15.0. The molecule has 0 aliphatic carbocycles. The lowest BCUT2D eigenvalue weighted by Crippen LogP contribution is -2.59. The maximum absolute atomic E-state index is 12.6. The van der Waals surface area contributed by atoms with Gasteiger partial charge in [0.2, 0.25) is 0 Å². The number of carbonyl (C=O) groups is 2. The topological polar surface area (TPSA) is 131 Å². The second-order valence-corrected chi connectivity index (χ2v) is 7.83. The number of hydrogen-bond acceptors (Lipinski definition) is 8. The molecule has 1 aliphatic rings. The third-order valence-corrected chi connectivity index (χ3v) is 5.69. The molecule has 31 heavy (non-hydrogen) atoms. The summed E-state index contributed by atoms with van der Waals surface area (Å²) in [4.78, 5) is 28.1. The summed E-state index contributed by atoms with van der Waals surface area (Å²) in [6, 6.07) is 16.4. The molecule has 0 saturated carbocycles. The van der Waals surface area contributed by atoms with Gasteiger partial charge in [-0.15, -0.1) is 0 Å². The van der Waals surface area contributed by atoms with Crippen molar-refractivity contribution in [2.45, 2.75) is 41.6 Å². The summed E-state index contributed by atoms with van der Waals surface area (Å²) in [5.74, 6) is -1.29. The predicted octanol–water partition coefficient (Wildman–Crippen LogP) is 3.33. The van der Waals surface area contributed by atoms with E-state index < -0.39 is 48.3 Å². The lowest BCUT2D eigenvalue weighted by atomic mass is 9.97. The zero-order valence-electron chi connectivity index (χ0n) is 16.6. The standard InChI is InChI=1S/C21H21N3O6S/c1-13(26)28-19-17(23-24-22)18(30-20(27)14-8-4-2-5-9-14)16(12-25)29-21(19)31-15-10-6-3-7-11-15/h2-11,16-19,21,25H,12H2,1H3/t16-,17+,18-,19-,21+/m1/s1. The van der Waals surface area contributed by atoms with Crippen LogP contribution in [0.2, 0.25) is 0 Å². The van der Waals surface area contributed by atoms with Crippen LogP contribution in [-0.2, 0) is 19.0 Å². The average Bonchev–Trinajstić information content (AvgIpc) is 2.78. The highest BCUT2D eigenvalue weighted by molar-refractivity contribution is 7.99. The first-order valence-electron chi connectivity index (χ1n) is 9.49. The Kier molecular flexibility index (Phi) is 7.91. The van der Waals surface area contributed by atoms with Crippen LogP contribution >= 0.6 is 11.8 Å². The van der Waals surface area contributed by atoms with E-state index in [2.05, 4.69) is 10.0 Å². The number of carbonyl (C=O) groups excluding carboxylic acids is 2. The normalized spacial score (nSPS) is 25.2. The van der Waals surface area contributed by atoms with E-state index in [1.807, 2.05) is 30.3 Å². The Morgan fingerprint density at radius 2 is 1.74 bits per heavy atom. The molecule has 2 aromatic carbocycles. The fraction of sp³-hybridized carbons (Fsp3) is 0.333. The van der Waals surface area contributed by atoms with Crippen molar-refractivity contribution in [1.29, 1.82) is 0 Å². The molecule has 0 aromatic heterocycles.